The van der Waals surface area contributed by atoms with E-state index >= 15 is 0 Å². The number of hydrogen-bond acceptors (Lipinski definition) is 5. The monoisotopic (exact) mass is 379 g/mol. The third-order valence-corrected chi connectivity index (χ3v) is 4.10. The van der Waals surface area contributed by atoms with Gasteiger partial charge in [-0.15, -0.1) is 0 Å². The number of nitrogens with zero attached hydrogens (tertiary/aromatic N) is 1. The van der Waals surface area contributed by atoms with Crippen molar-refractivity contribution >= 4 is 23.4 Å². The second-order valence-corrected chi connectivity index (χ2v) is 6.10. The lowest BCUT2D eigenvalue weighted by molar-refractivity contribution is -0.143. The van der Waals surface area contributed by atoms with Gasteiger partial charge in [0.05, 0.1) is 12.6 Å². The van der Waals surface area contributed by atoms with Crippen LogP contribution in [0.2, 0.25) is 5.02 Å². The Labute approximate surface area is 156 Å². The standard InChI is InChI=1S/C18H22ClN3O4/c1-3-22-16(23)11-15(21-18(22)25)20-14(8-9-17(24)26-4-2)12-6-5-7-13(19)10-12/h5-7,10-11,14,20H,3-4,8-9H2,1-2H3,(H,21,25)/t14-/m1/s1. The summed E-state index contributed by atoms with van der Waals surface area (Å²) in [7, 11) is 0. The number of benzene rings is 1. The molecule has 0 aliphatic heterocycles. The molecule has 1 aromatic heterocycles. The van der Waals surface area contributed by atoms with Gasteiger partial charge in [-0.3, -0.25) is 19.1 Å². The van der Waals surface area contributed by atoms with Gasteiger partial charge in [-0.2, -0.15) is 0 Å². The molecule has 0 spiro atoms. The Hall–Kier alpha value is -2.54. The van der Waals surface area contributed by atoms with Crippen molar-refractivity contribution in [1.29, 1.82) is 0 Å². The van der Waals surface area contributed by atoms with Crippen LogP contribution in [0.25, 0.3) is 0 Å². The van der Waals surface area contributed by atoms with Gasteiger partial charge in [0.2, 0.25) is 0 Å². The molecule has 26 heavy (non-hydrogen) atoms. The van der Waals surface area contributed by atoms with E-state index in [1.165, 1.54) is 6.07 Å². The molecule has 0 saturated heterocycles. The summed E-state index contributed by atoms with van der Waals surface area (Å²) >= 11 is 6.06. The van der Waals surface area contributed by atoms with Crippen LogP contribution in [-0.2, 0) is 16.1 Å². The number of aromatic amines is 1. The molecular formula is C18H22ClN3O4. The normalized spacial score (nSPS) is 11.8. The molecule has 0 saturated carbocycles. The van der Waals surface area contributed by atoms with E-state index in [-0.39, 0.29) is 25.0 Å². The number of H-pyrrole nitrogens is 1. The number of carbonyl (C=O) groups excluding carboxylic acids is 1. The van der Waals surface area contributed by atoms with Gasteiger partial charge in [0.1, 0.15) is 5.82 Å². The van der Waals surface area contributed by atoms with Crippen LogP contribution in [-0.4, -0.2) is 22.1 Å². The first-order valence-electron chi connectivity index (χ1n) is 8.46. The lowest BCUT2D eigenvalue weighted by Gasteiger charge is -2.20. The minimum absolute atomic E-state index is 0.189. The van der Waals surface area contributed by atoms with E-state index in [0.29, 0.717) is 23.9 Å². The largest absolute Gasteiger partial charge is 0.466 e. The number of anilines is 1. The van der Waals surface area contributed by atoms with Gasteiger partial charge in [0.15, 0.2) is 0 Å². The number of nitrogens with one attached hydrogen (secondary N) is 2. The van der Waals surface area contributed by atoms with Crippen LogP contribution in [0.1, 0.15) is 38.3 Å². The van der Waals surface area contributed by atoms with E-state index < -0.39 is 11.2 Å². The van der Waals surface area contributed by atoms with E-state index in [1.54, 1.807) is 32.0 Å². The first-order valence-corrected chi connectivity index (χ1v) is 8.84. The first-order chi connectivity index (χ1) is 12.4. The summed E-state index contributed by atoms with van der Waals surface area (Å²) in [5.74, 6) is -0.0187. The number of halogens is 1. The molecule has 1 aromatic carbocycles. The Morgan fingerprint density at radius 1 is 1.31 bits per heavy atom. The quantitative estimate of drug-likeness (QED) is 0.688. The lowest BCUT2D eigenvalue weighted by atomic mass is 10.0. The maximum absolute atomic E-state index is 12.0. The van der Waals surface area contributed by atoms with Gasteiger partial charge >= 0.3 is 11.7 Å². The minimum atomic E-state index is -0.488. The molecule has 2 aromatic rings. The molecule has 2 rings (SSSR count). The molecule has 0 aliphatic rings. The Balaban J connectivity index is 2.27. The maximum Gasteiger partial charge on any atom is 0.329 e. The summed E-state index contributed by atoms with van der Waals surface area (Å²) in [6.07, 6.45) is 0.604. The van der Waals surface area contributed by atoms with Crippen LogP contribution in [0.5, 0.6) is 0 Å². The number of rotatable bonds is 8. The summed E-state index contributed by atoms with van der Waals surface area (Å²) in [4.78, 5) is 38.4. The zero-order chi connectivity index (χ0) is 19.1. The fourth-order valence-electron chi connectivity index (χ4n) is 2.63. The molecule has 1 atom stereocenters. The van der Waals surface area contributed by atoms with Crippen LogP contribution >= 0.6 is 11.6 Å². The smallest absolute Gasteiger partial charge is 0.329 e. The highest BCUT2D eigenvalue weighted by Gasteiger charge is 2.16. The number of hydrogen-bond donors (Lipinski definition) is 2. The summed E-state index contributed by atoms with van der Waals surface area (Å²) in [6, 6.07) is 8.18. The van der Waals surface area contributed by atoms with Crippen molar-refractivity contribution in [2.75, 3.05) is 11.9 Å². The van der Waals surface area contributed by atoms with Gasteiger partial charge in [0.25, 0.3) is 5.56 Å². The van der Waals surface area contributed by atoms with Crippen molar-refractivity contribution < 1.29 is 9.53 Å². The first kappa shape index (κ1) is 19.8. The van der Waals surface area contributed by atoms with E-state index in [1.807, 2.05) is 6.07 Å². The SMILES string of the molecule is CCOC(=O)CC[C@@H](Nc1cc(=O)n(CC)c(=O)[nH]1)c1cccc(Cl)c1. The fraction of sp³-hybridized carbons (Fsp3) is 0.389. The van der Waals surface area contributed by atoms with Crippen molar-refractivity contribution in [3.05, 3.63) is 61.8 Å². The minimum Gasteiger partial charge on any atom is -0.466 e. The van der Waals surface area contributed by atoms with Gasteiger partial charge in [0, 0.05) is 24.1 Å². The van der Waals surface area contributed by atoms with E-state index in [4.69, 9.17) is 16.3 Å². The highest BCUT2D eigenvalue weighted by molar-refractivity contribution is 6.30. The van der Waals surface area contributed by atoms with Gasteiger partial charge < -0.3 is 10.1 Å². The van der Waals surface area contributed by atoms with Crippen LogP contribution in [0.4, 0.5) is 5.82 Å². The predicted octanol–water partition coefficient (Wildman–Crippen LogP) is 2.71. The molecule has 0 radical (unpaired) electrons. The number of esters is 1. The van der Waals surface area contributed by atoms with Crippen molar-refractivity contribution in [2.24, 2.45) is 0 Å². The Morgan fingerprint density at radius 2 is 2.08 bits per heavy atom. The van der Waals surface area contributed by atoms with E-state index in [0.717, 1.165) is 10.1 Å². The summed E-state index contributed by atoms with van der Waals surface area (Å²) in [6.45, 7) is 4.07. The molecule has 8 heteroatoms. The van der Waals surface area contributed by atoms with Crippen molar-refractivity contribution in [1.82, 2.24) is 9.55 Å². The summed E-state index contributed by atoms with van der Waals surface area (Å²) < 4.78 is 6.06. The molecule has 2 N–H and O–H groups in total. The maximum atomic E-state index is 12.0. The van der Waals surface area contributed by atoms with Crippen LogP contribution < -0.4 is 16.6 Å². The van der Waals surface area contributed by atoms with E-state index in [9.17, 15) is 14.4 Å². The number of aromatic nitrogens is 2. The third kappa shape index (κ3) is 5.23. The molecule has 0 amide bonds. The molecule has 140 valence electrons. The number of ether oxygens (including phenoxy) is 1. The van der Waals surface area contributed by atoms with E-state index in [2.05, 4.69) is 10.3 Å². The Kier molecular flexibility index (Phi) is 7.03. The zero-order valence-electron chi connectivity index (χ0n) is 14.8. The second-order valence-electron chi connectivity index (χ2n) is 5.67. The molecule has 7 nitrogen and oxygen atoms in total. The average Bonchev–Trinajstić information content (AvgIpc) is 2.58. The van der Waals surface area contributed by atoms with Gasteiger partial charge in [-0.25, -0.2) is 4.79 Å². The summed E-state index contributed by atoms with van der Waals surface area (Å²) in [5, 5.41) is 3.67. The summed E-state index contributed by atoms with van der Waals surface area (Å²) in [5.41, 5.74) is -0.0472. The Bertz CT molecular complexity index is 844. The second kappa shape index (κ2) is 9.24. The van der Waals surface area contributed by atoms with Crippen LogP contribution in [0, 0.1) is 0 Å². The fourth-order valence-corrected chi connectivity index (χ4v) is 2.82. The molecule has 0 aliphatic carbocycles. The van der Waals surface area contributed by atoms with Crippen molar-refractivity contribution in [3.8, 4) is 0 Å². The number of carbonyl (C=O) groups is 1. The lowest BCUT2D eigenvalue weighted by Crippen LogP contribution is -2.34. The molecule has 1 heterocycles. The highest BCUT2D eigenvalue weighted by atomic mass is 35.5. The highest BCUT2D eigenvalue weighted by Crippen LogP contribution is 2.25. The molecular weight excluding hydrogens is 358 g/mol. The van der Waals surface area contributed by atoms with Gasteiger partial charge in [-0.05, 0) is 38.0 Å². The Morgan fingerprint density at radius 3 is 2.69 bits per heavy atom. The van der Waals surface area contributed by atoms with Crippen molar-refractivity contribution in [2.45, 2.75) is 39.3 Å². The molecule has 0 bridgehead atoms. The van der Waals surface area contributed by atoms with Crippen LogP contribution in [0.15, 0.2) is 39.9 Å². The molecule has 0 fully saturated rings. The predicted molar refractivity (Wildman–Crippen MR) is 101 cm³/mol. The third-order valence-electron chi connectivity index (χ3n) is 3.86. The van der Waals surface area contributed by atoms with Crippen LogP contribution in [0.3, 0.4) is 0 Å². The topological polar surface area (TPSA) is 93.2 Å². The molecule has 0 unspecified atom stereocenters. The van der Waals surface area contributed by atoms with Crippen molar-refractivity contribution in [3.63, 3.8) is 0 Å². The van der Waals surface area contributed by atoms with Gasteiger partial charge in [-0.1, -0.05) is 23.7 Å². The average molecular weight is 380 g/mol. The zero-order valence-corrected chi connectivity index (χ0v) is 15.5.